The maximum absolute atomic E-state index is 12.3. The number of halogens is 1. The van der Waals surface area contributed by atoms with Crippen LogP contribution in [0.1, 0.15) is 50.6 Å². The third-order valence-electron chi connectivity index (χ3n) is 5.09. The molecule has 2 N–H and O–H groups in total. The van der Waals surface area contributed by atoms with E-state index in [0.29, 0.717) is 19.6 Å². The average molecular weight is 399 g/mol. The highest BCUT2D eigenvalue weighted by Crippen LogP contribution is 2.33. The van der Waals surface area contributed by atoms with Gasteiger partial charge < -0.3 is 24.8 Å². The third kappa shape index (κ3) is 6.26. The Hall–Kier alpha value is -1.50. The smallest absolute Gasteiger partial charge is 0.222 e. The van der Waals surface area contributed by atoms with Gasteiger partial charge in [-0.2, -0.15) is 0 Å². The molecule has 0 bridgehead atoms. The Morgan fingerprint density at radius 3 is 2.78 bits per heavy atom. The van der Waals surface area contributed by atoms with Gasteiger partial charge >= 0.3 is 0 Å². The second-order valence-corrected chi connectivity index (χ2v) is 7.15. The van der Waals surface area contributed by atoms with Crippen LogP contribution in [-0.4, -0.2) is 44.9 Å². The fourth-order valence-electron chi connectivity index (χ4n) is 3.60. The molecular weight excluding hydrogens is 368 g/mol. The van der Waals surface area contributed by atoms with Gasteiger partial charge in [-0.1, -0.05) is 6.07 Å². The minimum absolute atomic E-state index is 0. The van der Waals surface area contributed by atoms with Gasteiger partial charge in [-0.05, 0) is 50.3 Å². The molecule has 6 nitrogen and oxygen atoms in total. The first-order valence-corrected chi connectivity index (χ1v) is 9.61. The molecule has 1 heterocycles. The number of rotatable bonds is 7. The first-order chi connectivity index (χ1) is 12.7. The first kappa shape index (κ1) is 21.8. The number of morpholine rings is 1. The highest BCUT2D eigenvalue weighted by molar-refractivity contribution is 5.85. The predicted octanol–water partition coefficient (Wildman–Crippen LogP) is 2.99. The van der Waals surface area contributed by atoms with Gasteiger partial charge in [0.05, 0.1) is 32.5 Å². The zero-order valence-corrected chi connectivity index (χ0v) is 17.0. The van der Waals surface area contributed by atoms with Crippen LogP contribution in [0, 0.1) is 0 Å². The molecule has 152 valence electrons. The minimum Gasteiger partial charge on any atom is -0.493 e. The van der Waals surface area contributed by atoms with E-state index in [4.69, 9.17) is 14.2 Å². The fourth-order valence-corrected chi connectivity index (χ4v) is 3.60. The second kappa shape index (κ2) is 10.7. The fraction of sp³-hybridized carbons (Fsp3) is 0.650. The van der Waals surface area contributed by atoms with E-state index in [1.54, 1.807) is 7.11 Å². The summed E-state index contributed by atoms with van der Waals surface area (Å²) in [5, 5.41) is 6.36. The van der Waals surface area contributed by atoms with Crippen LogP contribution in [0.15, 0.2) is 18.2 Å². The number of hydrogen-bond donors (Lipinski definition) is 2. The van der Waals surface area contributed by atoms with Crippen molar-refractivity contribution in [1.82, 2.24) is 10.6 Å². The van der Waals surface area contributed by atoms with Crippen molar-refractivity contribution >= 4 is 18.3 Å². The molecule has 3 rings (SSSR count). The zero-order chi connectivity index (χ0) is 18.4. The van der Waals surface area contributed by atoms with Crippen LogP contribution in [0.2, 0.25) is 0 Å². The van der Waals surface area contributed by atoms with Gasteiger partial charge in [-0.3, -0.25) is 4.79 Å². The Kier molecular flexibility index (Phi) is 8.67. The molecule has 1 aromatic carbocycles. The van der Waals surface area contributed by atoms with Gasteiger partial charge in [0, 0.05) is 19.0 Å². The summed E-state index contributed by atoms with van der Waals surface area (Å²) in [6.07, 6.45) is 5.39. The average Bonchev–Trinajstić information content (AvgIpc) is 3.15. The van der Waals surface area contributed by atoms with Gasteiger partial charge in [0.2, 0.25) is 5.91 Å². The minimum atomic E-state index is -0.0959. The number of carbonyl (C=O) groups excluding carboxylic acids is 1. The highest BCUT2D eigenvalue weighted by atomic mass is 35.5. The monoisotopic (exact) mass is 398 g/mol. The van der Waals surface area contributed by atoms with Gasteiger partial charge in [0.1, 0.15) is 0 Å². The van der Waals surface area contributed by atoms with Gasteiger partial charge in [-0.15, -0.1) is 12.4 Å². The maximum atomic E-state index is 12.3. The van der Waals surface area contributed by atoms with Crippen molar-refractivity contribution in [2.75, 3.05) is 26.9 Å². The molecule has 1 amide bonds. The first-order valence-electron chi connectivity index (χ1n) is 9.61. The van der Waals surface area contributed by atoms with Crippen LogP contribution < -0.4 is 20.1 Å². The van der Waals surface area contributed by atoms with E-state index in [2.05, 4.69) is 10.6 Å². The lowest BCUT2D eigenvalue weighted by atomic mass is 10.1. The van der Waals surface area contributed by atoms with Crippen LogP contribution >= 0.6 is 12.4 Å². The topological polar surface area (TPSA) is 68.8 Å². The summed E-state index contributed by atoms with van der Waals surface area (Å²) in [7, 11) is 1.65. The molecule has 1 aliphatic heterocycles. The SMILES string of the molecule is COc1cc(C(C)NC(=O)CC2COCCN2)ccc1OC1CCCC1.Cl. The van der Waals surface area contributed by atoms with Crippen LogP contribution in [0.25, 0.3) is 0 Å². The summed E-state index contributed by atoms with van der Waals surface area (Å²) in [4.78, 5) is 12.3. The van der Waals surface area contributed by atoms with Gasteiger partial charge in [-0.25, -0.2) is 0 Å². The largest absolute Gasteiger partial charge is 0.493 e. The van der Waals surface area contributed by atoms with E-state index in [9.17, 15) is 4.79 Å². The molecule has 1 aromatic rings. The normalized spacial score (nSPS) is 21.2. The molecule has 7 heteroatoms. The molecule has 2 fully saturated rings. The Labute approximate surface area is 167 Å². The molecule has 2 atom stereocenters. The van der Waals surface area contributed by atoms with Crippen LogP contribution in [0.4, 0.5) is 0 Å². The molecule has 0 aromatic heterocycles. The summed E-state index contributed by atoms with van der Waals surface area (Å²) in [6.45, 7) is 4.08. The predicted molar refractivity (Wildman–Crippen MR) is 107 cm³/mol. The number of amides is 1. The van der Waals surface area contributed by atoms with Crippen LogP contribution in [0.3, 0.4) is 0 Å². The Balaban J connectivity index is 0.00000261. The molecule has 1 saturated carbocycles. The Morgan fingerprint density at radius 1 is 1.33 bits per heavy atom. The second-order valence-electron chi connectivity index (χ2n) is 7.15. The number of benzene rings is 1. The summed E-state index contributed by atoms with van der Waals surface area (Å²) in [5.74, 6) is 1.52. The van der Waals surface area contributed by atoms with E-state index in [-0.39, 0.29) is 36.5 Å². The molecular formula is C20H31ClN2O4. The standard InChI is InChI=1S/C20H30N2O4.ClH/c1-14(22-20(23)12-16-13-25-10-9-21-16)15-7-8-18(19(11-15)24-2)26-17-5-3-4-6-17;/h7-8,11,14,16-17,21H,3-6,9-10,12-13H2,1-2H3,(H,22,23);1H. The third-order valence-corrected chi connectivity index (χ3v) is 5.09. The highest BCUT2D eigenvalue weighted by Gasteiger charge is 2.21. The van der Waals surface area contributed by atoms with Crippen LogP contribution in [0.5, 0.6) is 11.5 Å². The Morgan fingerprint density at radius 2 is 2.11 bits per heavy atom. The van der Waals surface area contributed by atoms with E-state index in [1.807, 2.05) is 25.1 Å². The number of ether oxygens (including phenoxy) is 3. The molecule has 0 spiro atoms. The summed E-state index contributed by atoms with van der Waals surface area (Å²) in [5.41, 5.74) is 1.00. The summed E-state index contributed by atoms with van der Waals surface area (Å²) < 4.78 is 17.0. The lowest BCUT2D eigenvalue weighted by molar-refractivity contribution is -0.122. The number of carbonyl (C=O) groups is 1. The van der Waals surface area contributed by atoms with Crippen molar-refractivity contribution in [2.45, 2.75) is 57.2 Å². The van der Waals surface area contributed by atoms with E-state index in [0.717, 1.165) is 36.4 Å². The molecule has 0 radical (unpaired) electrons. The molecule has 1 saturated heterocycles. The van der Waals surface area contributed by atoms with E-state index >= 15 is 0 Å². The maximum Gasteiger partial charge on any atom is 0.222 e. The Bertz CT molecular complexity index is 602. The zero-order valence-electron chi connectivity index (χ0n) is 16.2. The van der Waals surface area contributed by atoms with Crippen molar-refractivity contribution in [3.63, 3.8) is 0 Å². The molecule has 2 unspecified atom stereocenters. The lowest BCUT2D eigenvalue weighted by Crippen LogP contribution is -2.44. The van der Waals surface area contributed by atoms with Crippen molar-refractivity contribution in [3.8, 4) is 11.5 Å². The van der Waals surface area contributed by atoms with Crippen molar-refractivity contribution in [3.05, 3.63) is 23.8 Å². The number of hydrogen-bond acceptors (Lipinski definition) is 5. The number of methoxy groups -OCH3 is 1. The summed E-state index contributed by atoms with van der Waals surface area (Å²) in [6, 6.07) is 5.90. The van der Waals surface area contributed by atoms with E-state index in [1.165, 1.54) is 12.8 Å². The van der Waals surface area contributed by atoms with Crippen molar-refractivity contribution < 1.29 is 19.0 Å². The van der Waals surface area contributed by atoms with Gasteiger partial charge in [0.15, 0.2) is 11.5 Å². The molecule has 2 aliphatic rings. The van der Waals surface area contributed by atoms with Crippen molar-refractivity contribution in [1.29, 1.82) is 0 Å². The van der Waals surface area contributed by atoms with Crippen molar-refractivity contribution in [2.24, 2.45) is 0 Å². The molecule has 27 heavy (non-hydrogen) atoms. The molecule has 1 aliphatic carbocycles. The lowest BCUT2D eigenvalue weighted by Gasteiger charge is -2.24. The van der Waals surface area contributed by atoms with E-state index < -0.39 is 0 Å². The van der Waals surface area contributed by atoms with Gasteiger partial charge in [0.25, 0.3) is 0 Å². The number of nitrogens with one attached hydrogen (secondary N) is 2. The quantitative estimate of drug-likeness (QED) is 0.739. The summed E-state index contributed by atoms with van der Waals surface area (Å²) >= 11 is 0. The van der Waals surface area contributed by atoms with Crippen LogP contribution in [-0.2, 0) is 9.53 Å².